The molecule has 5 aromatic rings. The lowest BCUT2D eigenvalue weighted by Crippen LogP contribution is -1.99. The van der Waals surface area contributed by atoms with Crippen LogP contribution in [0.2, 0.25) is 0 Å². The van der Waals surface area contributed by atoms with Crippen molar-refractivity contribution in [2.75, 3.05) is 21.3 Å². The van der Waals surface area contributed by atoms with Crippen LogP contribution in [0.4, 0.5) is 0 Å². The van der Waals surface area contributed by atoms with Crippen molar-refractivity contribution < 1.29 is 19.3 Å². The smallest absolute Gasteiger partial charge is 0.204 e. The summed E-state index contributed by atoms with van der Waals surface area (Å²) in [5, 5.41) is 20.1. The van der Waals surface area contributed by atoms with Crippen molar-refractivity contribution in [3.05, 3.63) is 71.9 Å². The summed E-state index contributed by atoms with van der Waals surface area (Å²) in [4.78, 5) is 4.93. The van der Waals surface area contributed by atoms with E-state index < -0.39 is 0 Å². The third kappa shape index (κ3) is 3.47. The first-order chi connectivity index (χ1) is 16.1. The van der Waals surface area contributed by atoms with Gasteiger partial charge in [-0.15, -0.1) is 0 Å². The van der Waals surface area contributed by atoms with Crippen molar-refractivity contribution in [1.82, 2.24) is 15.2 Å². The second kappa shape index (κ2) is 8.35. The third-order valence-electron chi connectivity index (χ3n) is 5.74. The van der Waals surface area contributed by atoms with E-state index in [1.807, 2.05) is 36.4 Å². The Labute approximate surface area is 190 Å². The number of benzene rings is 3. The van der Waals surface area contributed by atoms with E-state index in [4.69, 9.17) is 19.2 Å². The van der Waals surface area contributed by atoms with Gasteiger partial charge in [-0.3, -0.25) is 5.10 Å². The molecule has 3 aromatic carbocycles. The van der Waals surface area contributed by atoms with E-state index in [0.29, 0.717) is 35.0 Å². The van der Waals surface area contributed by atoms with Gasteiger partial charge in [0.15, 0.2) is 17.1 Å². The van der Waals surface area contributed by atoms with Crippen molar-refractivity contribution in [1.29, 1.82) is 0 Å². The van der Waals surface area contributed by atoms with Crippen LogP contribution in [0, 0.1) is 0 Å². The predicted octanol–water partition coefficient (Wildman–Crippen LogP) is 5.10. The molecule has 0 atom stereocenters. The van der Waals surface area contributed by atoms with E-state index >= 15 is 0 Å². The number of phenols is 1. The lowest BCUT2D eigenvalue weighted by molar-refractivity contribution is 0.327. The minimum Gasteiger partial charge on any atom is -0.508 e. The number of nitrogens with one attached hydrogen (secondary N) is 1. The molecule has 0 aliphatic rings. The molecule has 0 bridgehead atoms. The molecule has 7 nitrogen and oxygen atoms in total. The molecule has 0 spiro atoms. The van der Waals surface area contributed by atoms with Crippen LogP contribution in [0.15, 0.2) is 60.7 Å². The van der Waals surface area contributed by atoms with E-state index in [1.54, 1.807) is 33.5 Å². The minimum atomic E-state index is 0.182. The Morgan fingerprint density at radius 3 is 2.24 bits per heavy atom. The Kier molecular flexibility index (Phi) is 5.22. The highest BCUT2D eigenvalue weighted by atomic mass is 16.5. The van der Waals surface area contributed by atoms with Gasteiger partial charge in [-0.1, -0.05) is 30.3 Å². The molecule has 0 radical (unpaired) electrons. The normalized spacial score (nSPS) is 11.1. The van der Waals surface area contributed by atoms with Crippen LogP contribution in [0.3, 0.4) is 0 Å². The van der Waals surface area contributed by atoms with Gasteiger partial charge in [-0.25, -0.2) is 4.98 Å². The van der Waals surface area contributed by atoms with Crippen LogP contribution in [0.1, 0.15) is 11.3 Å². The highest BCUT2D eigenvalue weighted by molar-refractivity contribution is 6.15. The molecule has 0 aliphatic carbocycles. The molecule has 7 heteroatoms. The zero-order valence-electron chi connectivity index (χ0n) is 18.5. The fourth-order valence-electron chi connectivity index (χ4n) is 4.23. The molecule has 166 valence electrons. The summed E-state index contributed by atoms with van der Waals surface area (Å²) in [6.45, 7) is 0. The lowest BCUT2D eigenvalue weighted by atomic mass is 9.97. The monoisotopic (exact) mass is 441 g/mol. The molecule has 0 unspecified atom stereocenters. The van der Waals surface area contributed by atoms with Gasteiger partial charge in [0.2, 0.25) is 5.75 Å². The fraction of sp³-hybridized carbons (Fsp3) is 0.154. The Balaban J connectivity index is 1.88. The van der Waals surface area contributed by atoms with Crippen molar-refractivity contribution in [3.8, 4) is 34.3 Å². The van der Waals surface area contributed by atoms with Gasteiger partial charge >= 0.3 is 0 Å². The summed E-state index contributed by atoms with van der Waals surface area (Å²) in [7, 11) is 4.78. The molecule has 2 heterocycles. The molecule has 0 saturated carbocycles. The van der Waals surface area contributed by atoms with Gasteiger partial charge in [0.05, 0.1) is 43.5 Å². The zero-order chi connectivity index (χ0) is 22.9. The van der Waals surface area contributed by atoms with Gasteiger partial charge in [0.25, 0.3) is 0 Å². The Morgan fingerprint density at radius 1 is 0.848 bits per heavy atom. The number of pyridine rings is 1. The number of rotatable bonds is 6. The number of hydrogen-bond acceptors (Lipinski definition) is 6. The predicted molar refractivity (Wildman–Crippen MR) is 127 cm³/mol. The Bertz CT molecular complexity index is 1440. The number of nitrogens with zero attached hydrogens (tertiary/aromatic N) is 2. The molecule has 2 N–H and O–H groups in total. The van der Waals surface area contributed by atoms with Gasteiger partial charge in [-0.2, -0.15) is 5.10 Å². The number of aromatic amines is 1. The summed E-state index contributed by atoms with van der Waals surface area (Å²) in [5.74, 6) is 1.75. The van der Waals surface area contributed by atoms with Crippen molar-refractivity contribution >= 4 is 21.8 Å². The first-order valence-electron chi connectivity index (χ1n) is 10.5. The second-order valence-electron chi connectivity index (χ2n) is 7.63. The number of fused-ring (bicyclic) bond motifs is 3. The fourth-order valence-corrected chi connectivity index (χ4v) is 4.23. The number of ether oxygens (including phenoxy) is 3. The van der Waals surface area contributed by atoms with Crippen LogP contribution in [-0.2, 0) is 6.42 Å². The van der Waals surface area contributed by atoms with Crippen molar-refractivity contribution in [2.45, 2.75) is 6.42 Å². The number of aromatic hydroxyl groups is 1. The van der Waals surface area contributed by atoms with Crippen LogP contribution < -0.4 is 14.2 Å². The summed E-state index contributed by atoms with van der Waals surface area (Å²) in [5.41, 5.74) is 4.19. The van der Waals surface area contributed by atoms with Crippen LogP contribution in [0.5, 0.6) is 23.0 Å². The van der Waals surface area contributed by atoms with Crippen LogP contribution >= 0.6 is 0 Å². The average molecular weight is 441 g/mol. The maximum absolute atomic E-state index is 9.79. The van der Waals surface area contributed by atoms with Crippen molar-refractivity contribution in [3.63, 3.8) is 0 Å². The number of hydrogen-bond donors (Lipinski definition) is 2. The molecule has 2 aromatic heterocycles. The van der Waals surface area contributed by atoms with E-state index in [-0.39, 0.29) is 5.75 Å². The number of aromatic nitrogens is 3. The first-order valence-corrected chi connectivity index (χ1v) is 10.5. The zero-order valence-corrected chi connectivity index (χ0v) is 18.5. The minimum absolute atomic E-state index is 0.182. The van der Waals surface area contributed by atoms with Gasteiger partial charge in [0.1, 0.15) is 5.75 Å². The van der Waals surface area contributed by atoms with Crippen molar-refractivity contribution in [2.24, 2.45) is 0 Å². The summed E-state index contributed by atoms with van der Waals surface area (Å²) >= 11 is 0. The standard InChI is InChI=1S/C26H23N3O4/c1-31-20-14-18-21-19(13-15-7-5-4-6-8-15)28-29-26(21)27-23(16-9-11-17(30)12-10-16)22(18)25(33-3)24(20)32-2/h4-12,14,30H,13H2,1-3H3,(H,27,28,29). The van der Waals surface area contributed by atoms with Gasteiger partial charge < -0.3 is 19.3 Å². The largest absolute Gasteiger partial charge is 0.508 e. The first kappa shape index (κ1) is 20.6. The molecule has 5 rings (SSSR count). The number of methoxy groups -OCH3 is 3. The third-order valence-corrected chi connectivity index (χ3v) is 5.74. The van der Waals surface area contributed by atoms with E-state index in [2.05, 4.69) is 22.3 Å². The SMILES string of the molecule is COc1cc2c(c(-c3ccc(O)cc3)nc3[nH]nc(Cc4ccccc4)c32)c(OC)c1OC. The van der Waals surface area contributed by atoms with Gasteiger partial charge in [0, 0.05) is 17.4 Å². The molecule has 0 amide bonds. The summed E-state index contributed by atoms with van der Waals surface area (Å²) in [6.07, 6.45) is 0.646. The summed E-state index contributed by atoms with van der Waals surface area (Å²) < 4.78 is 17.1. The number of H-pyrrole nitrogens is 1. The Morgan fingerprint density at radius 2 is 1.58 bits per heavy atom. The topological polar surface area (TPSA) is 89.5 Å². The summed E-state index contributed by atoms with van der Waals surface area (Å²) in [6, 6.07) is 19.0. The quantitative estimate of drug-likeness (QED) is 0.381. The average Bonchev–Trinajstić information content (AvgIpc) is 3.25. The number of phenolic OH excluding ortho intramolecular Hbond substituents is 1. The van der Waals surface area contributed by atoms with E-state index in [0.717, 1.165) is 33.0 Å². The maximum Gasteiger partial charge on any atom is 0.204 e. The highest BCUT2D eigenvalue weighted by Crippen LogP contribution is 2.48. The molecule has 0 saturated heterocycles. The van der Waals surface area contributed by atoms with Crippen LogP contribution in [0.25, 0.3) is 33.1 Å². The highest BCUT2D eigenvalue weighted by Gasteiger charge is 2.24. The lowest BCUT2D eigenvalue weighted by Gasteiger charge is -2.17. The van der Waals surface area contributed by atoms with Gasteiger partial charge in [-0.05, 0) is 35.9 Å². The van der Waals surface area contributed by atoms with Crippen LogP contribution in [-0.4, -0.2) is 41.6 Å². The maximum atomic E-state index is 9.79. The molecule has 33 heavy (non-hydrogen) atoms. The van der Waals surface area contributed by atoms with E-state index in [1.165, 1.54) is 0 Å². The molecule has 0 aliphatic heterocycles. The van der Waals surface area contributed by atoms with E-state index in [9.17, 15) is 5.11 Å². The molecule has 0 fully saturated rings. The Hall–Kier alpha value is -4.26. The molecular formula is C26H23N3O4. The second-order valence-corrected chi connectivity index (χ2v) is 7.63. The molecular weight excluding hydrogens is 418 g/mol.